The van der Waals surface area contributed by atoms with Gasteiger partial charge in [-0.1, -0.05) is 54.1 Å². The second-order valence-corrected chi connectivity index (χ2v) is 8.36. The first-order valence-electron chi connectivity index (χ1n) is 9.16. The van der Waals surface area contributed by atoms with E-state index in [1.165, 1.54) is 34.5 Å². The minimum atomic E-state index is -0.513. The molecule has 0 unspecified atom stereocenters. The van der Waals surface area contributed by atoms with Gasteiger partial charge in [0, 0.05) is 17.0 Å². The van der Waals surface area contributed by atoms with Gasteiger partial charge in [0.05, 0.1) is 22.1 Å². The largest absolute Gasteiger partial charge is 0.326 e. The summed E-state index contributed by atoms with van der Waals surface area (Å²) in [7, 11) is 0. The number of hydrogen-bond acceptors (Lipinski definition) is 3. The highest BCUT2D eigenvalue weighted by Gasteiger charge is 2.14. The Morgan fingerprint density at radius 2 is 1.93 bits per heavy atom. The van der Waals surface area contributed by atoms with Gasteiger partial charge in [-0.2, -0.15) is 0 Å². The van der Waals surface area contributed by atoms with Gasteiger partial charge in [-0.25, -0.2) is 9.37 Å². The van der Waals surface area contributed by atoms with Crippen LogP contribution in [-0.2, 0) is 17.6 Å². The molecule has 0 fully saturated rings. The van der Waals surface area contributed by atoms with Gasteiger partial charge in [0.1, 0.15) is 5.82 Å². The topological polar surface area (TPSA) is 42.0 Å². The summed E-state index contributed by atoms with van der Waals surface area (Å²) >= 11 is 7.32. The zero-order chi connectivity index (χ0) is 20.4. The van der Waals surface area contributed by atoms with Crippen molar-refractivity contribution in [3.8, 4) is 0 Å². The van der Waals surface area contributed by atoms with Crippen molar-refractivity contribution in [3.05, 3.63) is 92.6 Å². The molecule has 4 aromatic rings. The summed E-state index contributed by atoms with van der Waals surface area (Å²) in [6.07, 6.45) is 0.941. The summed E-state index contributed by atoms with van der Waals surface area (Å²) in [6.45, 7) is 1.92. The van der Waals surface area contributed by atoms with Gasteiger partial charge in [-0.15, -0.1) is 11.3 Å². The highest BCUT2D eigenvalue weighted by Crippen LogP contribution is 2.26. The van der Waals surface area contributed by atoms with Crippen LogP contribution in [0.4, 0.5) is 10.1 Å². The van der Waals surface area contributed by atoms with Crippen molar-refractivity contribution in [1.29, 1.82) is 0 Å². The van der Waals surface area contributed by atoms with Gasteiger partial charge in [0.25, 0.3) is 0 Å². The van der Waals surface area contributed by atoms with Crippen LogP contribution in [0.5, 0.6) is 0 Å². The number of nitrogens with one attached hydrogen (secondary N) is 1. The van der Waals surface area contributed by atoms with Gasteiger partial charge in [0.15, 0.2) is 0 Å². The predicted octanol–water partition coefficient (Wildman–Crippen LogP) is 6.17. The Morgan fingerprint density at radius 1 is 1.14 bits per heavy atom. The van der Waals surface area contributed by atoms with E-state index in [4.69, 9.17) is 11.6 Å². The lowest BCUT2D eigenvalue weighted by molar-refractivity contribution is -0.115. The van der Waals surface area contributed by atoms with E-state index in [0.717, 1.165) is 22.0 Å². The normalized spacial score (nSPS) is 11.0. The third-order valence-electron chi connectivity index (χ3n) is 4.68. The smallest absolute Gasteiger partial charge is 0.229 e. The van der Waals surface area contributed by atoms with Crippen LogP contribution in [0.25, 0.3) is 10.8 Å². The van der Waals surface area contributed by atoms with Gasteiger partial charge in [0.2, 0.25) is 5.91 Å². The highest BCUT2D eigenvalue weighted by atomic mass is 35.5. The lowest BCUT2D eigenvalue weighted by Gasteiger charge is -2.05. The molecule has 0 aliphatic carbocycles. The SMILES string of the molecule is Cc1nc(Cc2cccc3ccccc23)sc1CC(=O)Nc1ccc(F)c(Cl)c1. The lowest BCUT2D eigenvalue weighted by atomic mass is 10.0. The van der Waals surface area contributed by atoms with E-state index >= 15 is 0 Å². The molecule has 6 heteroatoms. The van der Waals surface area contributed by atoms with E-state index in [1.54, 1.807) is 11.3 Å². The first-order valence-corrected chi connectivity index (χ1v) is 10.4. The van der Waals surface area contributed by atoms with E-state index in [-0.39, 0.29) is 17.4 Å². The van der Waals surface area contributed by atoms with Crippen molar-refractivity contribution in [2.75, 3.05) is 5.32 Å². The summed E-state index contributed by atoms with van der Waals surface area (Å²) in [5.74, 6) is -0.697. The Labute approximate surface area is 177 Å². The fourth-order valence-corrected chi connectivity index (χ4v) is 4.53. The molecule has 0 bridgehead atoms. The number of carbonyl (C=O) groups excluding carboxylic acids is 1. The van der Waals surface area contributed by atoms with Crippen molar-refractivity contribution in [2.24, 2.45) is 0 Å². The van der Waals surface area contributed by atoms with Gasteiger partial charge in [-0.3, -0.25) is 4.79 Å². The van der Waals surface area contributed by atoms with E-state index in [1.807, 2.05) is 19.1 Å². The van der Waals surface area contributed by atoms with Crippen LogP contribution in [0.1, 0.15) is 21.1 Å². The molecular weight excluding hydrogens is 407 g/mol. The van der Waals surface area contributed by atoms with Crippen molar-refractivity contribution < 1.29 is 9.18 Å². The lowest BCUT2D eigenvalue weighted by Crippen LogP contribution is -2.14. The van der Waals surface area contributed by atoms with Gasteiger partial charge < -0.3 is 5.32 Å². The Hall–Kier alpha value is -2.76. The Bertz CT molecular complexity index is 1200. The first-order chi connectivity index (χ1) is 14.0. The Kier molecular flexibility index (Phi) is 5.60. The van der Waals surface area contributed by atoms with Gasteiger partial charge >= 0.3 is 0 Å². The molecule has 0 radical (unpaired) electrons. The standard InChI is InChI=1S/C23H18ClFN2OS/c1-14-21(13-22(28)27-17-9-10-20(25)19(24)12-17)29-23(26-14)11-16-7-4-6-15-5-2-3-8-18(15)16/h2-10,12H,11,13H2,1H3,(H,27,28). The minimum Gasteiger partial charge on any atom is -0.326 e. The zero-order valence-corrected chi connectivity index (χ0v) is 17.3. The molecule has 0 saturated heterocycles. The monoisotopic (exact) mass is 424 g/mol. The summed E-state index contributed by atoms with van der Waals surface area (Å²) in [5, 5.41) is 6.14. The molecule has 1 amide bonds. The molecule has 1 heterocycles. The fourth-order valence-electron chi connectivity index (χ4n) is 3.26. The molecule has 0 aliphatic rings. The summed E-state index contributed by atoms with van der Waals surface area (Å²) < 4.78 is 13.3. The van der Waals surface area contributed by atoms with E-state index in [0.29, 0.717) is 5.69 Å². The first kappa shape index (κ1) is 19.6. The third kappa shape index (κ3) is 4.47. The number of hydrogen-bond donors (Lipinski definition) is 1. The highest BCUT2D eigenvalue weighted by molar-refractivity contribution is 7.11. The fraction of sp³-hybridized carbons (Fsp3) is 0.130. The Morgan fingerprint density at radius 3 is 2.76 bits per heavy atom. The summed E-state index contributed by atoms with van der Waals surface area (Å²) in [6, 6.07) is 18.7. The van der Waals surface area contributed by atoms with E-state index in [2.05, 4.69) is 40.6 Å². The molecular formula is C23H18ClFN2OS. The molecule has 3 aromatic carbocycles. The van der Waals surface area contributed by atoms with Crippen LogP contribution in [0.2, 0.25) is 5.02 Å². The van der Waals surface area contributed by atoms with Crippen LogP contribution >= 0.6 is 22.9 Å². The molecule has 146 valence electrons. The maximum Gasteiger partial charge on any atom is 0.229 e. The quantitative estimate of drug-likeness (QED) is 0.416. The number of rotatable bonds is 5. The average molecular weight is 425 g/mol. The number of aromatic nitrogens is 1. The molecule has 4 rings (SSSR count). The molecule has 0 atom stereocenters. The van der Waals surface area contributed by atoms with Crippen LogP contribution < -0.4 is 5.32 Å². The molecule has 1 aromatic heterocycles. The van der Waals surface area contributed by atoms with Crippen molar-refractivity contribution >= 4 is 45.3 Å². The van der Waals surface area contributed by atoms with Gasteiger partial charge in [-0.05, 0) is 41.5 Å². The number of benzene rings is 3. The maximum absolute atomic E-state index is 13.3. The number of fused-ring (bicyclic) bond motifs is 1. The van der Waals surface area contributed by atoms with Crippen LogP contribution in [0.3, 0.4) is 0 Å². The van der Waals surface area contributed by atoms with E-state index in [9.17, 15) is 9.18 Å². The van der Waals surface area contributed by atoms with Crippen LogP contribution in [-0.4, -0.2) is 10.9 Å². The molecule has 0 aliphatic heterocycles. The molecule has 0 spiro atoms. The minimum absolute atomic E-state index is 0.0193. The number of amides is 1. The number of aryl methyl sites for hydroxylation is 1. The number of anilines is 1. The number of halogens is 2. The molecule has 0 saturated carbocycles. The molecule has 3 nitrogen and oxygen atoms in total. The molecule has 1 N–H and O–H groups in total. The zero-order valence-electron chi connectivity index (χ0n) is 15.7. The van der Waals surface area contributed by atoms with Crippen molar-refractivity contribution in [2.45, 2.75) is 19.8 Å². The summed E-state index contributed by atoms with van der Waals surface area (Å²) in [5.41, 5.74) is 2.55. The van der Waals surface area contributed by atoms with Crippen LogP contribution in [0.15, 0.2) is 60.7 Å². The number of carbonyl (C=O) groups is 1. The second kappa shape index (κ2) is 8.31. The predicted molar refractivity (Wildman–Crippen MR) is 117 cm³/mol. The van der Waals surface area contributed by atoms with E-state index < -0.39 is 5.82 Å². The van der Waals surface area contributed by atoms with Crippen molar-refractivity contribution in [1.82, 2.24) is 4.98 Å². The average Bonchev–Trinajstić information content (AvgIpc) is 3.04. The summed E-state index contributed by atoms with van der Waals surface area (Å²) in [4.78, 5) is 18.0. The van der Waals surface area contributed by atoms with Crippen molar-refractivity contribution in [3.63, 3.8) is 0 Å². The maximum atomic E-state index is 13.3. The van der Waals surface area contributed by atoms with Crippen LogP contribution in [0, 0.1) is 12.7 Å². The Balaban J connectivity index is 1.49. The number of thiazole rings is 1. The number of nitrogens with zero attached hydrogens (tertiary/aromatic N) is 1. The molecule has 29 heavy (non-hydrogen) atoms. The third-order valence-corrected chi connectivity index (χ3v) is 6.13. The second-order valence-electron chi connectivity index (χ2n) is 6.79.